The molecule has 1 heterocycles. The molecule has 0 atom stereocenters. The quantitative estimate of drug-likeness (QED) is 0.400. The summed E-state index contributed by atoms with van der Waals surface area (Å²) in [4.78, 5) is 6.28. The first-order valence-electron chi connectivity index (χ1n) is 9.69. The highest BCUT2D eigenvalue weighted by Crippen LogP contribution is 2.34. The minimum atomic E-state index is -4.45. The maximum atomic E-state index is 13.4. The smallest absolute Gasteiger partial charge is 0.416 e. The van der Waals surface area contributed by atoms with E-state index in [2.05, 4.69) is 10.3 Å². The zero-order chi connectivity index (χ0) is 21.3. The van der Waals surface area contributed by atoms with Crippen LogP contribution in [-0.2, 0) is 22.2 Å². The van der Waals surface area contributed by atoms with Crippen molar-refractivity contribution in [2.75, 3.05) is 47.6 Å². The van der Waals surface area contributed by atoms with Crippen molar-refractivity contribution in [1.82, 2.24) is 10.2 Å². The number of alkyl halides is 3. The molecule has 1 aliphatic rings. The van der Waals surface area contributed by atoms with Crippen molar-refractivity contribution < 1.29 is 27.4 Å². The first-order chi connectivity index (χ1) is 13.9. The van der Waals surface area contributed by atoms with Crippen LogP contribution in [0.4, 0.5) is 13.2 Å². The summed E-state index contributed by atoms with van der Waals surface area (Å²) in [7, 11) is 4.65. The molecule has 0 spiro atoms. The minimum Gasteiger partial charge on any atom is -0.497 e. The van der Waals surface area contributed by atoms with Gasteiger partial charge in [0, 0.05) is 47.0 Å². The second-order valence-electron chi connectivity index (χ2n) is 6.83. The molecule has 2 rings (SSSR count). The molecule has 0 unspecified atom stereocenters. The Morgan fingerprint density at radius 3 is 2.52 bits per heavy atom. The first kappa shape index (κ1) is 23.3. The highest BCUT2D eigenvalue weighted by atomic mass is 19.4. The summed E-state index contributed by atoms with van der Waals surface area (Å²) in [5.41, 5.74) is -0.557. The van der Waals surface area contributed by atoms with Gasteiger partial charge in [-0.2, -0.15) is 13.2 Å². The number of nitrogens with one attached hydrogen (secondary N) is 1. The van der Waals surface area contributed by atoms with Crippen molar-refractivity contribution >= 4 is 5.96 Å². The Balaban J connectivity index is 1.90. The van der Waals surface area contributed by atoms with Crippen LogP contribution in [0.5, 0.6) is 5.75 Å². The van der Waals surface area contributed by atoms with Crippen molar-refractivity contribution in [2.45, 2.75) is 38.1 Å². The third kappa shape index (κ3) is 7.08. The third-order valence-corrected chi connectivity index (χ3v) is 4.86. The number of guanidine groups is 1. The van der Waals surface area contributed by atoms with Gasteiger partial charge in [0.1, 0.15) is 5.75 Å². The molecule has 0 bridgehead atoms. The van der Waals surface area contributed by atoms with Crippen molar-refractivity contribution in [3.63, 3.8) is 0 Å². The van der Waals surface area contributed by atoms with Crippen molar-refractivity contribution in [1.29, 1.82) is 0 Å². The lowest BCUT2D eigenvalue weighted by atomic mass is 10.1. The summed E-state index contributed by atoms with van der Waals surface area (Å²) in [6, 6.07) is 3.98. The molecule has 1 saturated heterocycles. The average molecular weight is 417 g/mol. The van der Waals surface area contributed by atoms with Crippen LogP contribution in [0, 0.1) is 0 Å². The number of hydrogen-bond acceptors (Lipinski definition) is 4. The van der Waals surface area contributed by atoms with Gasteiger partial charge >= 0.3 is 6.18 Å². The fourth-order valence-corrected chi connectivity index (χ4v) is 3.29. The zero-order valence-electron chi connectivity index (χ0n) is 17.2. The number of methoxy groups -OCH3 is 2. The molecule has 0 aliphatic carbocycles. The molecular formula is C20H30F3N3O3. The van der Waals surface area contributed by atoms with Gasteiger partial charge in [0.2, 0.25) is 0 Å². The summed E-state index contributed by atoms with van der Waals surface area (Å²) in [6.07, 6.45) is -1.69. The van der Waals surface area contributed by atoms with E-state index in [0.29, 0.717) is 19.2 Å². The molecule has 0 amide bonds. The van der Waals surface area contributed by atoms with E-state index >= 15 is 0 Å². The number of rotatable bonds is 8. The molecule has 29 heavy (non-hydrogen) atoms. The second kappa shape index (κ2) is 11.3. The number of likely N-dealkylation sites (tertiary alicyclic amines) is 1. The topological polar surface area (TPSA) is 55.3 Å². The van der Waals surface area contributed by atoms with E-state index in [0.717, 1.165) is 38.4 Å². The molecule has 1 aromatic carbocycles. The Bertz CT molecular complexity index is 660. The molecule has 0 radical (unpaired) electrons. The van der Waals surface area contributed by atoms with Crippen molar-refractivity contribution in [3.8, 4) is 5.75 Å². The van der Waals surface area contributed by atoms with E-state index < -0.39 is 11.7 Å². The van der Waals surface area contributed by atoms with Crippen molar-refractivity contribution in [3.05, 3.63) is 29.3 Å². The van der Waals surface area contributed by atoms with E-state index in [1.807, 2.05) is 4.90 Å². The number of ether oxygens (including phenoxy) is 3. The van der Waals surface area contributed by atoms with Gasteiger partial charge in [-0.1, -0.05) is 6.07 Å². The molecule has 0 aromatic heterocycles. The van der Waals surface area contributed by atoms with Gasteiger partial charge in [0.25, 0.3) is 0 Å². The maximum absolute atomic E-state index is 13.4. The standard InChI is InChI=1S/C20H30F3N3O3/c1-24-19(26-9-7-16(8-10-26)29-12-4-11-27-2)25-14-15-5-6-17(28-3)13-18(15)20(21,22)23/h5-6,13,16H,4,7-12,14H2,1-3H3,(H,24,25). The van der Waals surface area contributed by atoms with Gasteiger partial charge in [-0.15, -0.1) is 0 Å². The Morgan fingerprint density at radius 1 is 1.21 bits per heavy atom. The summed E-state index contributed by atoms with van der Waals surface area (Å²) in [6.45, 7) is 2.86. The van der Waals surface area contributed by atoms with Crippen molar-refractivity contribution in [2.24, 2.45) is 4.99 Å². The molecule has 0 saturated carbocycles. The van der Waals surface area contributed by atoms with Gasteiger partial charge in [0.15, 0.2) is 5.96 Å². The Labute approximate surface area is 170 Å². The van der Waals surface area contributed by atoms with Gasteiger partial charge in [-0.05, 0) is 37.0 Å². The van der Waals surface area contributed by atoms with E-state index in [4.69, 9.17) is 14.2 Å². The number of halogens is 3. The number of benzene rings is 1. The molecule has 6 nitrogen and oxygen atoms in total. The molecule has 1 fully saturated rings. The van der Waals surface area contributed by atoms with E-state index in [-0.39, 0.29) is 24.0 Å². The lowest BCUT2D eigenvalue weighted by molar-refractivity contribution is -0.138. The van der Waals surface area contributed by atoms with Crippen LogP contribution in [-0.4, -0.2) is 64.5 Å². The number of aliphatic imine (C=N–C) groups is 1. The minimum absolute atomic E-state index is 0.0267. The lowest BCUT2D eigenvalue weighted by Crippen LogP contribution is -2.46. The predicted octanol–water partition coefficient (Wildman–Crippen LogP) is 3.31. The fraction of sp³-hybridized carbons (Fsp3) is 0.650. The number of nitrogens with zero attached hydrogens (tertiary/aromatic N) is 2. The maximum Gasteiger partial charge on any atom is 0.416 e. The Morgan fingerprint density at radius 2 is 1.93 bits per heavy atom. The first-order valence-corrected chi connectivity index (χ1v) is 9.69. The van der Waals surface area contributed by atoms with Crippen LogP contribution < -0.4 is 10.1 Å². The summed E-state index contributed by atoms with van der Waals surface area (Å²) >= 11 is 0. The molecule has 1 aromatic rings. The van der Waals surface area contributed by atoms with Crippen LogP contribution in [0.25, 0.3) is 0 Å². The largest absolute Gasteiger partial charge is 0.497 e. The summed E-state index contributed by atoms with van der Waals surface area (Å²) < 4.78 is 55.9. The second-order valence-corrected chi connectivity index (χ2v) is 6.83. The van der Waals surface area contributed by atoms with Gasteiger partial charge < -0.3 is 24.4 Å². The molecule has 164 valence electrons. The summed E-state index contributed by atoms with van der Waals surface area (Å²) in [5, 5.41) is 3.06. The molecule has 9 heteroatoms. The number of piperidine rings is 1. The zero-order valence-corrected chi connectivity index (χ0v) is 17.2. The highest BCUT2D eigenvalue weighted by molar-refractivity contribution is 5.80. The van der Waals surface area contributed by atoms with Crippen LogP contribution in [0.2, 0.25) is 0 Å². The predicted molar refractivity (Wildman–Crippen MR) is 105 cm³/mol. The van der Waals surface area contributed by atoms with Crippen LogP contribution >= 0.6 is 0 Å². The van der Waals surface area contributed by atoms with E-state index in [1.54, 1.807) is 14.2 Å². The Kier molecular flexibility index (Phi) is 9.03. The lowest BCUT2D eigenvalue weighted by Gasteiger charge is -2.34. The van der Waals surface area contributed by atoms with Gasteiger partial charge in [0.05, 0.1) is 18.8 Å². The Hall–Kier alpha value is -2.00. The van der Waals surface area contributed by atoms with Crippen LogP contribution in [0.3, 0.4) is 0 Å². The van der Waals surface area contributed by atoms with Gasteiger partial charge in [-0.3, -0.25) is 4.99 Å². The van der Waals surface area contributed by atoms with Gasteiger partial charge in [-0.25, -0.2) is 0 Å². The highest BCUT2D eigenvalue weighted by Gasteiger charge is 2.34. The molecule has 1 aliphatic heterocycles. The molecular weight excluding hydrogens is 387 g/mol. The van der Waals surface area contributed by atoms with E-state index in [9.17, 15) is 13.2 Å². The molecule has 1 N–H and O–H groups in total. The monoisotopic (exact) mass is 417 g/mol. The SMILES string of the molecule is CN=C(NCc1ccc(OC)cc1C(F)(F)F)N1CCC(OCCCOC)CC1. The van der Waals surface area contributed by atoms with Crippen LogP contribution in [0.15, 0.2) is 23.2 Å². The average Bonchev–Trinajstić information content (AvgIpc) is 2.72. The fourth-order valence-electron chi connectivity index (χ4n) is 3.29. The number of hydrogen-bond donors (Lipinski definition) is 1. The third-order valence-electron chi connectivity index (χ3n) is 4.86. The normalized spacial score (nSPS) is 16.2. The van der Waals surface area contributed by atoms with Crippen LogP contribution in [0.1, 0.15) is 30.4 Å². The summed E-state index contributed by atoms with van der Waals surface area (Å²) in [5.74, 6) is 0.768. The van der Waals surface area contributed by atoms with E-state index in [1.165, 1.54) is 19.2 Å².